The van der Waals surface area contributed by atoms with Gasteiger partial charge in [-0.2, -0.15) is 4.31 Å². The molecule has 0 aliphatic carbocycles. The van der Waals surface area contributed by atoms with Crippen molar-refractivity contribution < 1.29 is 13.2 Å². The molecule has 1 N–H and O–H groups in total. The van der Waals surface area contributed by atoms with Gasteiger partial charge in [-0.25, -0.2) is 8.42 Å². The van der Waals surface area contributed by atoms with Gasteiger partial charge in [-0.3, -0.25) is 4.79 Å². The molecule has 21 heavy (non-hydrogen) atoms. The molecule has 2 aliphatic heterocycles. The Hall–Kier alpha value is -0.660. The zero-order chi connectivity index (χ0) is 15.5. The molecule has 2 saturated heterocycles. The van der Waals surface area contributed by atoms with E-state index in [0.717, 1.165) is 45.3 Å². The average Bonchev–Trinajstić information content (AvgIpc) is 2.46. The summed E-state index contributed by atoms with van der Waals surface area (Å²) in [5.74, 6) is 0.476. The highest BCUT2D eigenvalue weighted by Gasteiger charge is 2.37. The molecule has 0 aromatic heterocycles. The molecule has 0 aromatic rings. The summed E-state index contributed by atoms with van der Waals surface area (Å²) >= 11 is 0. The largest absolute Gasteiger partial charge is 0.341 e. The Labute approximate surface area is 127 Å². The third-order valence-corrected chi connectivity index (χ3v) is 5.78. The maximum absolute atomic E-state index is 12.8. The molecule has 2 fully saturated rings. The number of rotatable bonds is 4. The van der Waals surface area contributed by atoms with E-state index >= 15 is 0 Å². The van der Waals surface area contributed by atoms with E-state index in [1.165, 1.54) is 10.6 Å². The minimum atomic E-state index is -3.31. The lowest BCUT2D eigenvalue weighted by Crippen LogP contribution is -2.54. The monoisotopic (exact) mass is 317 g/mol. The van der Waals surface area contributed by atoms with Gasteiger partial charge < -0.3 is 10.2 Å². The summed E-state index contributed by atoms with van der Waals surface area (Å²) in [5.41, 5.74) is 0. The molecule has 0 unspecified atom stereocenters. The molecule has 2 heterocycles. The third kappa shape index (κ3) is 4.17. The van der Waals surface area contributed by atoms with Crippen LogP contribution >= 0.6 is 0 Å². The van der Waals surface area contributed by atoms with Crippen molar-refractivity contribution in [3.8, 4) is 0 Å². The first kappa shape index (κ1) is 16.7. The number of amides is 1. The lowest BCUT2D eigenvalue weighted by atomic mass is 9.96. The van der Waals surface area contributed by atoms with Gasteiger partial charge in [-0.1, -0.05) is 6.42 Å². The molecule has 0 saturated carbocycles. The molecule has 0 spiro atoms. The second-order valence-corrected chi connectivity index (χ2v) is 8.17. The van der Waals surface area contributed by atoms with E-state index in [-0.39, 0.29) is 5.91 Å². The van der Waals surface area contributed by atoms with Crippen molar-refractivity contribution in [2.45, 2.75) is 38.1 Å². The van der Waals surface area contributed by atoms with Crippen molar-refractivity contribution in [2.75, 3.05) is 39.5 Å². The quantitative estimate of drug-likeness (QED) is 0.807. The number of nitrogens with one attached hydrogen (secondary N) is 1. The van der Waals surface area contributed by atoms with Crippen LogP contribution in [-0.2, 0) is 14.8 Å². The Kier molecular flexibility index (Phi) is 5.62. The first-order chi connectivity index (χ1) is 9.93. The Balaban J connectivity index is 2.06. The summed E-state index contributed by atoms with van der Waals surface area (Å²) in [7, 11) is -1.39. The minimum Gasteiger partial charge on any atom is -0.341 e. The molecule has 0 bridgehead atoms. The van der Waals surface area contributed by atoms with E-state index < -0.39 is 16.1 Å². The Bertz CT molecular complexity index is 464. The van der Waals surface area contributed by atoms with E-state index in [0.29, 0.717) is 18.9 Å². The van der Waals surface area contributed by atoms with E-state index in [1.807, 2.05) is 11.9 Å². The minimum absolute atomic E-state index is 0.000859. The smallest absolute Gasteiger partial charge is 0.241 e. The van der Waals surface area contributed by atoms with Gasteiger partial charge in [0.25, 0.3) is 0 Å². The lowest BCUT2D eigenvalue weighted by molar-refractivity contribution is -0.138. The predicted molar refractivity (Wildman–Crippen MR) is 82.4 cm³/mol. The summed E-state index contributed by atoms with van der Waals surface area (Å²) in [6, 6.07) is -0.484. The average molecular weight is 317 g/mol. The van der Waals surface area contributed by atoms with Gasteiger partial charge in [0.05, 0.1) is 6.26 Å². The zero-order valence-electron chi connectivity index (χ0n) is 13.0. The molecule has 122 valence electrons. The highest BCUT2D eigenvalue weighted by molar-refractivity contribution is 7.88. The molecule has 1 amide bonds. The predicted octanol–water partition coefficient (Wildman–Crippen LogP) is 0.259. The van der Waals surface area contributed by atoms with Crippen LogP contribution in [0.25, 0.3) is 0 Å². The van der Waals surface area contributed by atoms with Crippen LogP contribution in [0.15, 0.2) is 0 Å². The number of sulfonamides is 1. The summed E-state index contributed by atoms with van der Waals surface area (Å²) in [6.07, 6.45) is 5.77. The van der Waals surface area contributed by atoms with Crippen molar-refractivity contribution >= 4 is 15.9 Å². The van der Waals surface area contributed by atoms with Gasteiger partial charge >= 0.3 is 0 Å². The molecular formula is C14H27N3O3S. The summed E-state index contributed by atoms with van der Waals surface area (Å²) in [5, 5.41) is 3.17. The molecule has 7 heteroatoms. The number of carbonyl (C=O) groups excluding carboxylic acids is 1. The number of hydrogen-bond acceptors (Lipinski definition) is 4. The highest BCUT2D eigenvalue weighted by atomic mass is 32.2. The van der Waals surface area contributed by atoms with Gasteiger partial charge in [-0.15, -0.1) is 0 Å². The molecule has 0 aromatic carbocycles. The van der Waals surface area contributed by atoms with Crippen LogP contribution in [0.3, 0.4) is 0 Å². The lowest BCUT2D eigenvalue weighted by Gasteiger charge is -2.39. The number of nitrogens with zero attached hydrogens (tertiary/aromatic N) is 2. The molecule has 2 aliphatic rings. The van der Waals surface area contributed by atoms with Gasteiger partial charge in [-0.05, 0) is 45.2 Å². The molecule has 2 atom stereocenters. The number of likely N-dealkylation sites (tertiary alicyclic amines) is 1. The zero-order valence-corrected chi connectivity index (χ0v) is 13.9. The van der Waals surface area contributed by atoms with Crippen molar-refractivity contribution in [1.82, 2.24) is 14.5 Å². The second kappa shape index (κ2) is 7.07. The standard InChI is InChI=1S/C14H27N3O3S/c1-15-10-12-6-5-8-16(11-12)14(18)13-7-3-4-9-17(13)21(2,19)20/h12-13,15H,3-11H2,1-2H3/t12-,13-/m1/s1. The third-order valence-electron chi connectivity index (χ3n) is 4.49. The number of carbonyl (C=O) groups is 1. The van der Waals surface area contributed by atoms with Crippen molar-refractivity contribution in [1.29, 1.82) is 0 Å². The first-order valence-electron chi connectivity index (χ1n) is 7.83. The van der Waals surface area contributed by atoms with Crippen molar-refractivity contribution in [2.24, 2.45) is 5.92 Å². The van der Waals surface area contributed by atoms with E-state index in [1.54, 1.807) is 0 Å². The molecule has 0 radical (unpaired) electrons. The van der Waals surface area contributed by atoms with Crippen LogP contribution in [0, 0.1) is 5.92 Å². The van der Waals surface area contributed by atoms with Gasteiger partial charge in [0.1, 0.15) is 6.04 Å². The number of hydrogen-bond donors (Lipinski definition) is 1. The fraction of sp³-hybridized carbons (Fsp3) is 0.929. The molecular weight excluding hydrogens is 290 g/mol. The topological polar surface area (TPSA) is 69.7 Å². The van der Waals surface area contributed by atoms with Crippen LogP contribution in [0.1, 0.15) is 32.1 Å². The summed E-state index contributed by atoms with van der Waals surface area (Å²) in [6.45, 7) is 2.88. The molecule has 2 rings (SSSR count). The SMILES string of the molecule is CNC[C@H]1CCCN(C(=O)[C@H]2CCCCN2S(C)(=O)=O)C1. The number of piperidine rings is 2. The second-order valence-electron chi connectivity index (χ2n) is 6.24. The Morgan fingerprint density at radius 2 is 1.95 bits per heavy atom. The van der Waals surface area contributed by atoms with Crippen LogP contribution < -0.4 is 5.32 Å². The fourth-order valence-electron chi connectivity index (χ4n) is 3.48. The van der Waals surface area contributed by atoms with Crippen LogP contribution in [0.4, 0.5) is 0 Å². The maximum Gasteiger partial charge on any atom is 0.241 e. The van der Waals surface area contributed by atoms with Gasteiger partial charge in [0.2, 0.25) is 15.9 Å². The van der Waals surface area contributed by atoms with Gasteiger partial charge in [0.15, 0.2) is 0 Å². The van der Waals surface area contributed by atoms with Gasteiger partial charge in [0, 0.05) is 19.6 Å². The van der Waals surface area contributed by atoms with E-state index in [9.17, 15) is 13.2 Å². The van der Waals surface area contributed by atoms with E-state index in [4.69, 9.17) is 0 Å². The van der Waals surface area contributed by atoms with Crippen molar-refractivity contribution in [3.63, 3.8) is 0 Å². The first-order valence-corrected chi connectivity index (χ1v) is 9.68. The van der Waals surface area contributed by atoms with E-state index in [2.05, 4.69) is 5.32 Å². The van der Waals surface area contributed by atoms with Crippen LogP contribution in [0.2, 0.25) is 0 Å². The van der Waals surface area contributed by atoms with Crippen molar-refractivity contribution in [3.05, 3.63) is 0 Å². The Morgan fingerprint density at radius 3 is 2.62 bits per heavy atom. The fourth-order valence-corrected chi connectivity index (χ4v) is 4.60. The molecule has 6 nitrogen and oxygen atoms in total. The summed E-state index contributed by atoms with van der Waals surface area (Å²) in [4.78, 5) is 14.6. The summed E-state index contributed by atoms with van der Waals surface area (Å²) < 4.78 is 25.2. The maximum atomic E-state index is 12.8. The highest BCUT2D eigenvalue weighted by Crippen LogP contribution is 2.24. The Morgan fingerprint density at radius 1 is 1.19 bits per heavy atom. The normalized spacial score (nSPS) is 28.6. The van der Waals surface area contributed by atoms with Crippen LogP contribution in [-0.4, -0.2) is 69.1 Å². The van der Waals surface area contributed by atoms with Crippen LogP contribution in [0.5, 0.6) is 0 Å².